The molecule has 0 aliphatic rings. The average molecular weight is 529 g/mol. The summed E-state index contributed by atoms with van der Waals surface area (Å²) >= 11 is 0. The molecule has 0 aliphatic carbocycles. The zero-order chi connectivity index (χ0) is 28.2. The summed E-state index contributed by atoms with van der Waals surface area (Å²) in [6, 6.07) is 17.8. The first-order valence-corrected chi connectivity index (χ1v) is 12.3. The molecule has 39 heavy (non-hydrogen) atoms. The monoisotopic (exact) mass is 528 g/mol. The van der Waals surface area contributed by atoms with E-state index in [1.54, 1.807) is 80.2 Å². The lowest BCUT2D eigenvalue weighted by molar-refractivity contribution is -0.115. The van der Waals surface area contributed by atoms with Gasteiger partial charge in [-0.2, -0.15) is 0 Å². The number of carbonyl (C=O) groups excluding carboxylic acids is 3. The second kappa shape index (κ2) is 11.3. The van der Waals surface area contributed by atoms with Crippen molar-refractivity contribution in [2.24, 2.45) is 0 Å². The van der Waals surface area contributed by atoms with Crippen molar-refractivity contribution < 1.29 is 23.5 Å². The number of halogens is 1. The van der Waals surface area contributed by atoms with Gasteiger partial charge in [0, 0.05) is 17.4 Å². The number of ketones is 1. The summed E-state index contributed by atoms with van der Waals surface area (Å²) < 4.78 is 20.6. The molecule has 0 radical (unpaired) electrons. The van der Waals surface area contributed by atoms with E-state index in [1.807, 2.05) is 19.2 Å². The summed E-state index contributed by atoms with van der Waals surface area (Å²) in [6.07, 6.45) is 2.37. The third-order valence-electron chi connectivity index (χ3n) is 5.61. The number of nitrogens with one attached hydrogen (secondary N) is 2. The Morgan fingerprint density at radius 3 is 2.31 bits per heavy atom. The van der Waals surface area contributed by atoms with Crippen LogP contribution in [-0.4, -0.2) is 32.9 Å². The highest BCUT2D eigenvalue weighted by Gasteiger charge is 2.19. The molecule has 3 aromatic carbocycles. The molecule has 1 aromatic heterocycles. The fourth-order valence-electron chi connectivity index (χ4n) is 3.84. The van der Waals surface area contributed by atoms with Gasteiger partial charge in [-0.25, -0.2) is 14.2 Å². The van der Waals surface area contributed by atoms with Gasteiger partial charge in [0.1, 0.15) is 11.4 Å². The zero-order valence-corrected chi connectivity index (χ0v) is 22.1. The summed E-state index contributed by atoms with van der Waals surface area (Å²) in [5.74, 6) is -1.31. The predicted molar refractivity (Wildman–Crippen MR) is 148 cm³/mol. The van der Waals surface area contributed by atoms with E-state index in [9.17, 15) is 18.8 Å². The van der Waals surface area contributed by atoms with E-state index in [2.05, 4.69) is 15.6 Å². The maximum atomic E-state index is 13.4. The fourth-order valence-corrected chi connectivity index (χ4v) is 3.84. The van der Waals surface area contributed by atoms with Gasteiger partial charge in [0.25, 0.3) is 0 Å². The first-order chi connectivity index (χ1) is 18.5. The van der Waals surface area contributed by atoms with Crippen molar-refractivity contribution in [1.82, 2.24) is 9.55 Å². The zero-order valence-electron chi connectivity index (χ0n) is 22.1. The van der Waals surface area contributed by atoms with Crippen molar-refractivity contribution >= 4 is 29.2 Å². The number of aromatic nitrogens is 2. The number of hydrogen-bond donors (Lipinski definition) is 2. The van der Waals surface area contributed by atoms with Crippen molar-refractivity contribution in [2.75, 3.05) is 10.6 Å². The quantitative estimate of drug-likeness (QED) is 0.209. The molecule has 2 N–H and O–H groups in total. The summed E-state index contributed by atoms with van der Waals surface area (Å²) in [4.78, 5) is 42.6. The van der Waals surface area contributed by atoms with E-state index in [4.69, 9.17) is 4.74 Å². The molecule has 0 atom stereocenters. The van der Waals surface area contributed by atoms with Gasteiger partial charge in [-0.15, -0.1) is 0 Å². The molecular weight excluding hydrogens is 499 g/mol. The lowest BCUT2D eigenvalue weighted by Crippen LogP contribution is -2.27. The Labute approximate surface area is 225 Å². The van der Waals surface area contributed by atoms with Crippen LogP contribution in [0.3, 0.4) is 0 Å². The van der Waals surface area contributed by atoms with Crippen LogP contribution in [0.15, 0.2) is 79.3 Å². The normalized spacial score (nSPS) is 11.1. The standard InChI is InChI=1S/C30H29FN4O4/c1-19-17-35(18-32-19)24-7-5-6-22(14-24)27(36)16-28(37)33-26-15-21(20-8-11-23(31)12-9-20)10-13-25(26)34-29(38)39-30(2,3)4/h5-15,17-18H,16H2,1-4H3,(H,33,37)(H,34,38). The SMILES string of the molecule is Cc1cn(-c2cccc(C(=O)CC(=O)Nc3cc(-c4ccc(F)cc4)ccc3NC(=O)OC(C)(C)C)c2)cn1. The minimum atomic E-state index is -0.724. The highest BCUT2D eigenvalue weighted by Crippen LogP contribution is 2.30. The highest BCUT2D eigenvalue weighted by atomic mass is 19.1. The lowest BCUT2D eigenvalue weighted by Gasteiger charge is -2.21. The smallest absolute Gasteiger partial charge is 0.412 e. The van der Waals surface area contributed by atoms with Gasteiger partial charge in [0.15, 0.2) is 5.78 Å². The number of Topliss-reactive ketones (excluding diaryl/α,β-unsaturated/α-hetero) is 1. The van der Waals surface area contributed by atoms with Crippen molar-refractivity contribution in [2.45, 2.75) is 39.7 Å². The number of amides is 2. The Hall–Kier alpha value is -4.79. The second-order valence-corrected chi connectivity index (χ2v) is 10.0. The van der Waals surface area contributed by atoms with Crippen LogP contribution in [0.4, 0.5) is 20.6 Å². The number of benzene rings is 3. The summed E-state index contributed by atoms with van der Waals surface area (Å²) in [5, 5.41) is 5.37. The van der Waals surface area contributed by atoms with Crippen LogP contribution in [0.2, 0.25) is 0 Å². The highest BCUT2D eigenvalue weighted by molar-refractivity contribution is 6.12. The second-order valence-electron chi connectivity index (χ2n) is 10.0. The van der Waals surface area contributed by atoms with Gasteiger partial charge in [0.2, 0.25) is 5.91 Å². The van der Waals surface area contributed by atoms with Crippen molar-refractivity contribution in [3.8, 4) is 16.8 Å². The molecule has 200 valence electrons. The Balaban J connectivity index is 1.55. The number of ether oxygens (including phenoxy) is 1. The molecule has 8 nitrogen and oxygen atoms in total. The number of anilines is 2. The molecule has 0 aliphatic heterocycles. The van der Waals surface area contributed by atoms with Gasteiger partial charge in [-0.3, -0.25) is 14.9 Å². The summed E-state index contributed by atoms with van der Waals surface area (Å²) in [7, 11) is 0. The van der Waals surface area contributed by atoms with Crippen LogP contribution in [-0.2, 0) is 9.53 Å². The maximum Gasteiger partial charge on any atom is 0.412 e. The minimum Gasteiger partial charge on any atom is -0.444 e. The summed E-state index contributed by atoms with van der Waals surface area (Å²) in [5.41, 5.74) is 3.17. The van der Waals surface area contributed by atoms with Crippen molar-refractivity contribution in [3.05, 3.63) is 96.3 Å². The molecule has 0 fully saturated rings. The lowest BCUT2D eigenvalue weighted by atomic mass is 10.0. The number of aryl methyl sites for hydroxylation is 1. The minimum absolute atomic E-state index is 0.267. The Bertz CT molecular complexity index is 1520. The number of carbonyl (C=O) groups is 3. The average Bonchev–Trinajstić information content (AvgIpc) is 3.31. The first kappa shape index (κ1) is 27.3. The molecule has 0 bridgehead atoms. The van der Waals surface area contributed by atoms with Crippen molar-refractivity contribution in [1.29, 1.82) is 0 Å². The van der Waals surface area contributed by atoms with E-state index in [0.29, 0.717) is 16.7 Å². The van der Waals surface area contributed by atoms with E-state index in [1.165, 1.54) is 12.1 Å². The van der Waals surface area contributed by atoms with Gasteiger partial charge in [0.05, 0.1) is 29.8 Å². The van der Waals surface area contributed by atoms with Gasteiger partial charge >= 0.3 is 6.09 Å². The largest absolute Gasteiger partial charge is 0.444 e. The van der Waals surface area contributed by atoms with Crippen LogP contribution in [0.5, 0.6) is 0 Å². The van der Waals surface area contributed by atoms with Gasteiger partial charge in [-0.05, 0) is 75.2 Å². The number of imidazole rings is 1. The molecule has 0 spiro atoms. The van der Waals surface area contributed by atoms with Crippen LogP contribution < -0.4 is 10.6 Å². The number of hydrogen-bond acceptors (Lipinski definition) is 5. The maximum absolute atomic E-state index is 13.4. The summed E-state index contributed by atoms with van der Waals surface area (Å²) in [6.45, 7) is 7.08. The van der Waals surface area contributed by atoms with Crippen LogP contribution in [0.1, 0.15) is 43.2 Å². The van der Waals surface area contributed by atoms with Crippen LogP contribution in [0, 0.1) is 12.7 Å². The molecule has 4 rings (SSSR count). The molecule has 9 heteroatoms. The van der Waals surface area contributed by atoms with E-state index >= 15 is 0 Å². The van der Waals surface area contributed by atoms with E-state index < -0.39 is 24.0 Å². The molecule has 0 unspecified atom stereocenters. The first-order valence-electron chi connectivity index (χ1n) is 12.3. The fraction of sp³-hybridized carbons (Fsp3) is 0.200. The molecule has 0 saturated carbocycles. The molecule has 1 heterocycles. The van der Waals surface area contributed by atoms with Gasteiger partial charge < -0.3 is 14.6 Å². The number of nitrogens with zero attached hydrogens (tertiary/aromatic N) is 2. The Morgan fingerprint density at radius 1 is 0.923 bits per heavy atom. The number of rotatable bonds is 7. The molecule has 0 saturated heterocycles. The molecule has 4 aromatic rings. The van der Waals surface area contributed by atoms with E-state index in [-0.39, 0.29) is 23.0 Å². The van der Waals surface area contributed by atoms with Gasteiger partial charge in [-0.1, -0.05) is 30.3 Å². The topological polar surface area (TPSA) is 102 Å². The molecule has 2 amide bonds. The van der Waals surface area contributed by atoms with Crippen LogP contribution >= 0.6 is 0 Å². The van der Waals surface area contributed by atoms with Crippen LogP contribution in [0.25, 0.3) is 16.8 Å². The predicted octanol–water partition coefficient (Wildman–Crippen LogP) is 6.55. The Morgan fingerprint density at radius 2 is 1.64 bits per heavy atom. The van der Waals surface area contributed by atoms with Crippen molar-refractivity contribution in [3.63, 3.8) is 0 Å². The van der Waals surface area contributed by atoms with E-state index in [0.717, 1.165) is 11.4 Å². The third kappa shape index (κ3) is 7.38. The Kier molecular flexibility index (Phi) is 7.90. The third-order valence-corrected chi connectivity index (χ3v) is 5.61. The molecular formula is C30H29FN4O4.